The predicted molar refractivity (Wildman–Crippen MR) is 86.9 cm³/mol. The topological polar surface area (TPSA) is 26.9 Å². The van der Waals surface area contributed by atoms with Crippen molar-refractivity contribution >= 4 is 11.0 Å². The number of nitrogens with zero attached hydrogens (tertiary/aromatic N) is 2. The molecule has 0 fully saturated rings. The molecule has 0 radical (unpaired) electrons. The van der Waals surface area contributed by atoms with Crippen molar-refractivity contribution in [3.8, 4) is 0 Å². The van der Waals surface area contributed by atoms with Crippen LogP contribution in [0.3, 0.4) is 0 Å². The van der Waals surface area contributed by atoms with Crippen LogP contribution in [0.2, 0.25) is 0 Å². The number of para-hydroxylation sites is 2. The van der Waals surface area contributed by atoms with Crippen LogP contribution in [0.15, 0.2) is 47.3 Å². The fraction of sp³-hybridized carbons (Fsp3) is 0.278. The van der Waals surface area contributed by atoms with E-state index in [1.807, 2.05) is 40.3 Å². The van der Waals surface area contributed by atoms with Crippen LogP contribution in [0.1, 0.15) is 23.6 Å². The molecular weight excluding hydrogens is 260 g/mol. The molecule has 0 saturated carbocycles. The molecule has 2 aromatic carbocycles. The van der Waals surface area contributed by atoms with Gasteiger partial charge in [-0.05, 0) is 49.6 Å². The van der Waals surface area contributed by atoms with Crippen molar-refractivity contribution in [3.05, 3.63) is 69.6 Å². The Hall–Kier alpha value is -2.29. The van der Waals surface area contributed by atoms with E-state index >= 15 is 0 Å². The van der Waals surface area contributed by atoms with Gasteiger partial charge in [-0.1, -0.05) is 30.3 Å². The molecule has 0 bridgehead atoms. The van der Waals surface area contributed by atoms with Crippen LogP contribution >= 0.6 is 0 Å². The highest BCUT2D eigenvalue weighted by Crippen LogP contribution is 2.16. The first-order valence-corrected chi connectivity index (χ1v) is 7.36. The van der Waals surface area contributed by atoms with Crippen LogP contribution < -0.4 is 5.69 Å². The van der Waals surface area contributed by atoms with Crippen LogP contribution in [0.4, 0.5) is 0 Å². The molecule has 0 spiro atoms. The maximum atomic E-state index is 12.6. The van der Waals surface area contributed by atoms with Gasteiger partial charge in [-0.3, -0.25) is 9.13 Å². The highest BCUT2D eigenvalue weighted by atomic mass is 16.1. The maximum absolute atomic E-state index is 12.6. The molecule has 0 amide bonds. The number of fused-ring (bicyclic) bond motifs is 1. The van der Waals surface area contributed by atoms with Crippen molar-refractivity contribution in [2.75, 3.05) is 0 Å². The molecule has 21 heavy (non-hydrogen) atoms. The summed E-state index contributed by atoms with van der Waals surface area (Å²) < 4.78 is 3.69. The molecule has 1 heterocycles. The zero-order valence-electron chi connectivity index (χ0n) is 12.8. The average Bonchev–Trinajstić information content (AvgIpc) is 2.75. The summed E-state index contributed by atoms with van der Waals surface area (Å²) in [5.41, 5.74) is 5.79. The molecule has 0 aliphatic heterocycles. The van der Waals surface area contributed by atoms with Crippen molar-refractivity contribution in [2.24, 2.45) is 0 Å². The standard InChI is InChI=1S/C18H20N2O/c1-4-19-16-7-5-6-8-17(16)20(18(19)21)12-15-10-9-13(2)14(3)11-15/h5-11H,4,12H2,1-3H3. The molecule has 0 atom stereocenters. The average molecular weight is 280 g/mol. The van der Waals surface area contributed by atoms with E-state index < -0.39 is 0 Å². The summed E-state index contributed by atoms with van der Waals surface area (Å²) >= 11 is 0. The number of imidazole rings is 1. The van der Waals surface area contributed by atoms with Gasteiger partial charge in [0.05, 0.1) is 17.6 Å². The zero-order chi connectivity index (χ0) is 15.0. The van der Waals surface area contributed by atoms with Gasteiger partial charge in [-0.25, -0.2) is 4.79 Å². The zero-order valence-corrected chi connectivity index (χ0v) is 12.8. The van der Waals surface area contributed by atoms with Crippen LogP contribution in [0.5, 0.6) is 0 Å². The monoisotopic (exact) mass is 280 g/mol. The third-order valence-electron chi connectivity index (χ3n) is 4.15. The van der Waals surface area contributed by atoms with Gasteiger partial charge in [0, 0.05) is 6.54 Å². The molecule has 3 nitrogen and oxygen atoms in total. The van der Waals surface area contributed by atoms with Gasteiger partial charge in [0.1, 0.15) is 0 Å². The summed E-state index contributed by atoms with van der Waals surface area (Å²) in [6.45, 7) is 7.53. The Balaban J connectivity index is 2.14. The van der Waals surface area contributed by atoms with Gasteiger partial charge in [-0.2, -0.15) is 0 Å². The van der Waals surface area contributed by atoms with E-state index in [4.69, 9.17) is 0 Å². The highest BCUT2D eigenvalue weighted by Gasteiger charge is 2.11. The van der Waals surface area contributed by atoms with E-state index in [0.717, 1.165) is 11.0 Å². The van der Waals surface area contributed by atoms with Crippen molar-refractivity contribution in [1.82, 2.24) is 9.13 Å². The Morgan fingerprint density at radius 2 is 1.57 bits per heavy atom. The van der Waals surface area contributed by atoms with Crippen molar-refractivity contribution in [2.45, 2.75) is 33.9 Å². The number of hydrogen-bond donors (Lipinski definition) is 0. The normalized spacial score (nSPS) is 11.2. The lowest BCUT2D eigenvalue weighted by molar-refractivity contribution is 0.684. The van der Waals surface area contributed by atoms with Gasteiger partial charge in [-0.15, -0.1) is 0 Å². The second-order valence-electron chi connectivity index (χ2n) is 5.52. The molecule has 3 rings (SSSR count). The van der Waals surface area contributed by atoms with E-state index in [2.05, 4.69) is 32.0 Å². The summed E-state index contributed by atoms with van der Waals surface area (Å²) in [4.78, 5) is 12.6. The second-order valence-corrected chi connectivity index (χ2v) is 5.52. The number of hydrogen-bond acceptors (Lipinski definition) is 1. The molecule has 0 unspecified atom stereocenters. The largest absolute Gasteiger partial charge is 0.329 e. The molecule has 0 aliphatic rings. The van der Waals surface area contributed by atoms with Crippen LogP contribution in [0.25, 0.3) is 11.0 Å². The van der Waals surface area contributed by atoms with E-state index in [1.54, 1.807) is 0 Å². The van der Waals surface area contributed by atoms with Crippen molar-refractivity contribution in [3.63, 3.8) is 0 Å². The van der Waals surface area contributed by atoms with Crippen LogP contribution in [-0.4, -0.2) is 9.13 Å². The summed E-state index contributed by atoms with van der Waals surface area (Å²) in [5.74, 6) is 0. The van der Waals surface area contributed by atoms with Crippen molar-refractivity contribution in [1.29, 1.82) is 0 Å². The number of benzene rings is 2. The quantitative estimate of drug-likeness (QED) is 0.721. The van der Waals surface area contributed by atoms with Gasteiger partial charge < -0.3 is 0 Å². The summed E-state index contributed by atoms with van der Waals surface area (Å²) in [6.07, 6.45) is 0. The highest BCUT2D eigenvalue weighted by molar-refractivity contribution is 5.76. The Morgan fingerprint density at radius 1 is 0.905 bits per heavy atom. The predicted octanol–water partition coefficient (Wildman–Crippen LogP) is 3.49. The molecule has 0 N–H and O–H groups in total. The van der Waals surface area contributed by atoms with Gasteiger partial charge in [0.15, 0.2) is 0 Å². The Labute approximate surface area is 124 Å². The lowest BCUT2D eigenvalue weighted by atomic mass is 10.1. The third kappa shape index (κ3) is 2.29. The lowest BCUT2D eigenvalue weighted by Crippen LogP contribution is -2.24. The van der Waals surface area contributed by atoms with Crippen LogP contribution in [0, 0.1) is 13.8 Å². The van der Waals surface area contributed by atoms with E-state index in [-0.39, 0.29) is 5.69 Å². The van der Waals surface area contributed by atoms with Crippen molar-refractivity contribution < 1.29 is 0 Å². The Morgan fingerprint density at radius 3 is 2.19 bits per heavy atom. The molecule has 3 aromatic rings. The summed E-state index contributed by atoms with van der Waals surface area (Å²) in [5, 5.41) is 0. The fourth-order valence-corrected chi connectivity index (χ4v) is 2.82. The SMILES string of the molecule is CCn1c(=O)n(Cc2ccc(C)c(C)c2)c2ccccc21. The molecule has 0 aliphatic carbocycles. The number of rotatable bonds is 3. The molecule has 3 heteroatoms. The van der Waals surface area contributed by atoms with Crippen LogP contribution in [-0.2, 0) is 13.1 Å². The van der Waals surface area contributed by atoms with E-state index in [0.29, 0.717) is 13.1 Å². The molecular formula is C18H20N2O. The first-order valence-electron chi connectivity index (χ1n) is 7.36. The molecule has 1 aromatic heterocycles. The Bertz CT molecular complexity index is 855. The number of aryl methyl sites for hydroxylation is 3. The third-order valence-corrected chi connectivity index (χ3v) is 4.15. The van der Waals surface area contributed by atoms with Gasteiger partial charge in [0.2, 0.25) is 0 Å². The lowest BCUT2D eigenvalue weighted by Gasteiger charge is -2.06. The summed E-state index contributed by atoms with van der Waals surface area (Å²) in [6, 6.07) is 14.4. The second kappa shape index (κ2) is 5.24. The minimum absolute atomic E-state index is 0.0666. The molecule has 0 saturated heterocycles. The van der Waals surface area contributed by atoms with Gasteiger partial charge in [0.25, 0.3) is 0 Å². The van der Waals surface area contributed by atoms with Gasteiger partial charge >= 0.3 is 5.69 Å². The van der Waals surface area contributed by atoms with E-state index in [1.165, 1.54) is 16.7 Å². The first kappa shape index (κ1) is 13.7. The minimum Gasteiger partial charge on any atom is -0.292 e. The first-order chi connectivity index (χ1) is 10.1. The molecule has 108 valence electrons. The Kier molecular flexibility index (Phi) is 3.42. The minimum atomic E-state index is 0.0666. The smallest absolute Gasteiger partial charge is 0.292 e. The fourth-order valence-electron chi connectivity index (χ4n) is 2.82. The number of aromatic nitrogens is 2. The summed E-state index contributed by atoms with van der Waals surface area (Å²) in [7, 11) is 0. The maximum Gasteiger partial charge on any atom is 0.329 e. The van der Waals surface area contributed by atoms with E-state index in [9.17, 15) is 4.79 Å².